The predicted octanol–water partition coefficient (Wildman–Crippen LogP) is 3.79. The number of benzene rings is 1. The summed E-state index contributed by atoms with van der Waals surface area (Å²) in [7, 11) is 0. The van der Waals surface area contributed by atoms with Gasteiger partial charge in [-0.05, 0) is 18.6 Å². The predicted molar refractivity (Wildman–Crippen MR) is 65.2 cm³/mol. The molecule has 3 heteroatoms. The van der Waals surface area contributed by atoms with Crippen LogP contribution in [0.3, 0.4) is 0 Å². The molecule has 15 heavy (non-hydrogen) atoms. The van der Waals surface area contributed by atoms with Crippen molar-refractivity contribution < 1.29 is 4.74 Å². The average Bonchev–Trinajstić information content (AvgIpc) is 2.27. The summed E-state index contributed by atoms with van der Waals surface area (Å²) in [6.45, 7) is 2.82. The number of nitrogens with zero attached hydrogens (tertiary/aromatic N) is 1. The van der Waals surface area contributed by atoms with E-state index in [9.17, 15) is 0 Å². The van der Waals surface area contributed by atoms with E-state index < -0.39 is 0 Å². The van der Waals surface area contributed by atoms with E-state index in [-0.39, 0.29) is 0 Å². The van der Waals surface area contributed by atoms with Gasteiger partial charge >= 0.3 is 0 Å². The lowest BCUT2D eigenvalue weighted by Gasteiger charge is -2.07. The van der Waals surface area contributed by atoms with Crippen LogP contribution in [0.5, 0.6) is 5.75 Å². The van der Waals surface area contributed by atoms with E-state index in [0.717, 1.165) is 34.2 Å². The number of hydrogen-bond donors (Lipinski definition) is 0. The van der Waals surface area contributed by atoms with Gasteiger partial charge in [0.05, 0.1) is 6.61 Å². The van der Waals surface area contributed by atoms with Crippen LogP contribution in [0.15, 0.2) is 34.9 Å². The molecule has 0 fully saturated rings. The summed E-state index contributed by atoms with van der Waals surface area (Å²) < 4.78 is 6.69. The molecule has 1 aromatic carbocycles. The molecule has 0 aliphatic heterocycles. The highest BCUT2D eigenvalue weighted by molar-refractivity contribution is 9.10. The summed E-state index contributed by atoms with van der Waals surface area (Å²) in [4.78, 5) is 4.34. The van der Waals surface area contributed by atoms with E-state index in [1.54, 1.807) is 6.20 Å². The minimum Gasteiger partial charge on any atom is -0.491 e. The zero-order valence-electron chi connectivity index (χ0n) is 8.53. The van der Waals surface area contributed by atoms with Gasteiger partial charge in [0.1, 0.15) is 11.3 Å². The van der Waals surface area contributed by atoms with Crippen LogP contribution >= 0.6 is 15.9 Å². The molecule has 2 nitrogen and oxygen atoms in total. The van der Waals surface area contributed by atoms with Crippen molar-refractivity contribution in [2.75, 3.05) is 6.61 Å². The SMILES string of the molecule is CCCOc1cccc2c(Br)ccnc12. The molecule has 1 aromatic heterocycles. The van der Waals surface area contributed by atoms with Gasteiger partial charge in [-0.15, -0.1) is 0 Å². The van der Waals surface area contributed by atoms with Crippen molar-refractivity contribution in [1.29, 1.82) is 0 Å². The molecule has 0 aliphatic rings. The third-order valence-electron chi connectivity index (χ3n) is 2.14. The van der Waals surface area contributed by atoms with Gasteiger partial charge in [0.25, 0.3) is 0 Å². The van der Waals surface area contributed by atoms with Crippen molar-refractivity contribution in [2.45, 2.75) is 13.3 Å². The summed E-state index contributed by atoms with van der Waals surface area (Å²) >= 11 is 3.50. The first kappa shape index (κ1) is 10.4. The zero-order valence-corrected chi connectivity index (χ0v) is 10.1. The van der Waals surface area contributed by atoms with Crippen molar-refractivity contribution >= 4 is 26.8 Å². The van der Waals surface area contributed by atoms with Gasteiger partial charge in [-0.3, -0.25) is 4.98 Å². The normalized spacial score (nSPS) is 10.5. The van der Waals surface area contributed by atoms with Crippen molar-refractivity contribution in [3.05, 3.63) is 34.9 Å². The highest BCUT2D eigenvalue weighted by Gasteiger charge is 2.04. The minimum absolute atomic E-state index is 0.729. The molecular formula is C12H12BrNO. The first-order valence-electron chi connectivity index (χ1n) is 4.99. The zero-order chi connectivity index (χ0) is 10.7. The summed E-state index contributed by atoms with van der Waals surface area (Å²) in [6.07, 6.45) is 2.79. The largest absolute Gasteiger partial charge is 0.491 e. The van der Waals surface area contributed by atoms with Gasteiger partial charge in [0, 0.05) is 16.1 Å². The van der Waals surface area contributed by atoms with Crippen molar-refractivity contribution in [1.82, 2.24) is 4.98 Å². The summed E-state index contributed by atoms with van der Waals surface area (Å²) in [5.74, 6) is 0.857. The van der Waals surface area contributed by atoms with Gasteiger partial charge in [0.15, 0.2) is 0 Å². The lowest BCUT2D eigenvalue weighted by molar-refractivity contribution is 0.320. The van der Waals surface area contributed by atoms with Crippen molar-refractivity contribution in [3.63, 3.8) is 0 Å². The van der Waals surface area contributed by atoms with Crippen LogP contribution in [0.1, 0.15) is 13.3 Å². The number of para-hydroxylation sites is 1. The number of rotatable bonds is 3. The fraction of sp³-hybridized carbons (Fsp3) is 0.250. The van der Waals surface area contributed by atoms with Crippen molar-refractivity contribution in [3.8, 4) is 5.75 Å². The maximum Gasteiger partial charge on any atom is 0.145 e. The first-order valence-corrected chi connectivity index (χ1v) is 5.78. The van der Waals surface area contributed by atoms with E-state index in [1.165, 1.54) is 0 Å². The Morgan fingerprint density at radius 1 is 1.33 bits per heavy atom. The Kier molecular flexibility index (Phi) is 3.21. The van der Waals surface area contributed by atoms with E-state index >= 15 is 0 Å². The van der Waals surface area contributed by atoms with Crippen molar-refractivity contribution in [2.24, 2.45) is 0 Å². The Bertz CT molecular complexity index is 470. The molecule has 0 atom stereocenters. The maximum atomic E-state index is 5.64. The molecule has 78 valence electrons. The van der Waals surface area contributed by atoms with Gasteiger partial charge in [0.2, 0.25) is 0 Å². The number of halogens is 1. The maximum absolute atomic E-state index is 5.64. The fourth-order valence-corrected chi connectivity index (χ4v) is 1.88. The Morgan fingerprint density at radius 3 is 3.00 bits per heavy atom. The number of pyridine rings is 1. The van der Waals surface area contributed by atoms with Gasteiger partial charge in [-0.25, -0.2) is 0 Å². The molecule has 2 rings (SSSR count). The summed E-state index contributed by atoms with van der Waals surface area (Å²) in [6, 6.07) is 7.91. The van der Waals surface area contributed by atoms with Gasteiger partial charge in [-0.2, -0.15) is 0 Å². The number of hydrogen-bond acceptors (Lipinski definition) is 2. The molecule has 0 spiro atoms. The third-order valence-corrected chi connectivity index (χ3v) is 2.83. The second-order valence-electron chi connectivity index (χ2n) is 3.29. The highest BCUT2D eigenvalue weighted by Crippen LogP contribution is 2.28. The Balaban J connectivity index is 2.51. The second-order valence-corrected chi connectivity index (χ2v) is 4.15. The van der Waals surface area contributed by atoms with E-state index in [1.807, 2.05) is 24.3 Å². The highest BCUT2D eigenvalue weighted by atomic mass is 79.9. The van der Waals surface area contributed by atoms with Crippen LogP contribution in [0.2, 0.25) is 0 Å². The molecule has 1 heterocycles. The summed E-state index contributed by atoms with van der Waals surface area (Å²) in [5.41, 5.74) is 0.917. The van der Waals surface area contributed by atoms with Gasteiger partial charge in [-0.1, -0.05) is 35.0 Å². The number of ether oxygens (including phenoxy) is 1. The van der Waals surface area contributed by atoms with E-state index in [2.05, 4.69) is 27.8 Å². The fourth-order valence-electron chi connectivity index (χ4n) is 1.44. The summed E-state index contributed by atoms with van der Waals surface area (Å²) in [5, 5.41) is 1.09. The topological polar surface area (TPSA) is 22.1 Å². The first-order chi connectivity index (χ1) is 7.33. The average molecular weight is 266 g/mol. The smallest absolute Gasteiger partial charge is 0.145 e. The Hall–Kier alpha value is -1.09. The molecule has 2 aromatic rings. The van der Waals surface area contributed by atoms with Gasteiger partial charge < -0.3 is 4.74 Å². The lowest BCUT2D eigenvalue weighted by atomic mass is 10.2. The monoisotopic (exact) mass is 265 g/mol. The molecular weight excluding hydrogens is 254 g/mol. The minimum atomic E-state index is 0.729. The van der Waals surface area contributed by atoms with Crippen LogP contribution in [-0.2, 0) is 0 Å². The molecule has 0 bridgehead atoms. The lowest BCUT2D eigenvalue weighted by Crippen LogP contribution is -1.96. The Labute approximate surface area is 97.4 Å². The number of fused-ring (bicyclic) bond motifs is 1. The van der Waals surface area contributed by atoms with Crippen LogP contribution in [0, 0.1) is 0 Å². The molecule has 0 radical (unpaired) electrons. The van der Waals surface area contributed by atoms with Crippen LogP contribution in [0.4, 0.5) is 0 Å². The molecule has 0 aliphatic carbocycles. The molecule has 0 amide bonds. The molecule has 0 saturated carbocycles. The van der Waals surface area contributed by atoms with Crippen LogP contribution in [0.25, 0.3) is 10.9 Å². The van der Waals surface area contributed by atoms with Crippen LogP contribution < -0.4 is 4.74 Å². The number of aromatic nitrogens is 1. The standard InChI is InChI=1S/C12H12BrNO/c1-2-8-15-11-5-3-4-9-10(13)6-7-14-12(9)11/h3-7H,2,8H2,1H3. The quantitative estimate of drug-likeness (QED) is 0.843. The molecule has 0 N–H and O–H groups in total. The van der Waals surface area contributed by atoms with E-state index in [0.29, 0.717) is 0 Å². The molecule has 0 saturated heterocycles. The Morgan fingerprint density at radius 2 is 2.20 bits per heavy atom. The van der Waals surface area contributed by atoms with E-state index in [4.69, 9.17) is 4.74 Å². The second kappa shape index (κ2) is 4.62. The van der Waals surface area contributed by atoms with Crippen LogP contribution in [-0.4, -0.2) is 11.6 Å². The molecule has 0 unspecified atom stereocenters. The third kappa shape index (κ3) is 2.12.